The highest BCUT2D eigenvalue weighted by Gasteiger charge is 2.33. The minimum atomic E-state index is -0.490. The summed E-state index contributed by atoms with van der Waals surface area (Å²) in [5.74, 6) is 0.0921. The van der Waals surface area contributed by atoms with Crippen LogP contribution in [0.5, 0.6) is 0 Å². The van der Waals surface area contributed by atoms with E-state index in [0.717, 1.165) is 12.0 Å². The van der Waals surface area contributed by atoms with Crippen molar-refractivity contribution < 1.29 is 14.3 Å². The molecule has 1 aliphatic rings. The molecule has 0 saturated carbocycles. The molecule has 2 rings (SSSR count). The maximum atomic E-state index is 12.3. The van der Waals surface area contributed by atoms with E-state index in [2.05, 4.69) is 0 Å². The van der Waals surface area contributed by atoms with Crippen molar-refractivity contribution in [3.63, 3.8) is 0 Å². The van der Waals surface area contributed by atoms with Crippen LogP contribution < -0.4 is 0 Å². The summed E-state index contributed by atoms with van der Waals surface area (Å²) in [5, 5.41) is 3.97. The first kappa shape index (κ1) is 16.8. The molecule has 1 fully saturated rings. The Morgan fingerprint density at radius 3 is 2.77 bits per heavy atom. The van der Waals surface area contributed by atoms with Crippen LogP contribution in [-0.4, -0.2) is 53.6 Å². The number of amides is 2. The van der Waals surface area contributed by atoms with Gasteiger partial charge in [-0.05, 0) is 49.6 Å². The van der Waals surface area contributed by atoms with Crippen LogP contribution in [0.4, 0.5) is 4.79 Å². The van der Waals surface area contributed by atoms with Gasteiger partial charge in [-0.15, -0.1) is 0 Å². The summed E-state index contributed by atoms with van der Waals surface area (Å²) >= 11 is 1.59. The number of nitrogens with zero attached hydrogens (tertiary/aromatic N) is 2. The molecule has 0 aromatic carbocycles. The summed E-state index contributed by atoms with van der Waals surface area (Å²) in [7, 11) is 1.82. The van der Waals surface area contributed by atoms with Crippen molar-refractivity contribution in [2.24, 2.45) is 0 Å². The number of hydrogen-bond donors (Lipinski definition) is 0. The van der Waals surface area contributed by atoms with E-state index in [1.165, 1.54) is 0 Å². The minimum absolute atomic E-state index is 0.0682. The van der Waals surface area contributed by atoms with E-state index in [4.69, 9.17) is 4.74 Å². The molecule has 122 valence electrons. The van der Waals surface area contributed by atoms with Crippen LogP contribution in [0.1, 0.15) is 32.8 Å². The molecule has 1 saturated heterocycles. The van der Waals surface area contributed by atoms with Gasteiger partial charge in [0.25, 0.3) is 0 Å². The predicted octanol–water partition coefficient (Wildman–Crippen LogP) is 2.76. The van der Waals surface area contributed by atoms with Crippen LogP contribution in [0.3, 0.4) is 0 Å². The molecule has 1 unspecified atom stereocenters. The van der Waals surface area contributed by atoms with E-state index < -0.39 is 5.60 Å². The highest BCUT2D eigenvalue weighted by atomic mass is 32.1. The van der Waals surface area contributed by atoms with Crippen LogP contribution in [0.2, 0.25) is 0 Å². The summed E-state index contributed by atoms with van der Waals surface area (Å²) in [4.78, 5) is 27.8. The summed E-state index contributed by atoms with van der Waals surface area (Å²) in [6.07, 6.45) is 0.919. The van der Waals surface area contributed by atoms with Gasteiger partial charge in [-0.3, -0.25) is 4.79 Å². The van der Waals surface area contributed by atoms with Crippen molar-refractivity contribution in [1.82, 2.24) is 9.80 Å². The summed E-state index contributed by atoms with van der Waals surface area (Å²) < 4.78 is 5.38. The SMILES string of the molecule is CN(C(=O)Cc1ccsc1)C1CCN(C(=O)OC(C)(C)C)C1. The quantitative estimate of drug-likeness (QED) is 0.859. The Bertz CT molecular complexity index is 522. The van der Waals surface area contributed by atoms with E-state index in [1.54, 1.807) is 21.1 Å². The van der Waals surface area contributed by atoms with Crippen molar-refractivity contribution >= 4 is 23.3 Å². The van der Waals surface area contributed by atoms with Gasteiger partial charge in [0.15, 0.2) is 0 Å². The summed E-state index contributed by atoms with van der Waals surface area (Å²) in [6, 6.07) is 2.04. The average molecular weight is 324 g/mol. The molecule has 1 atom stereocenters. The van der Waals surface area contributed by atoms with Crippen molar-refractivity contribution in [1.29, 1.82) is 0 Å². The summed E-state index contributed by atoms with van der Waals surface area (Å²) in [5.41, 5.74) is 0.555. The van der Waals surface area contributed by atoms with Gasteiger partial charge in [-0.1, -0.05) is 0 Å². The third kappa shape index (κ3) is 4.47. The maximum Gasteiger partial charge on any atom is 0.410 e. The fourth-order valence-electron chi connectivity index (χ4n) is 2.45. The van der Waals surface area contributed by atoms with Crippen LogP contribution >= 0.6 is 11.3 Å². The highest BCUT2D eigenvalue weighted by molar-refractivity contribution is 7.07. The molecule has 2 amide bonds. The normalized spacial score (nSPS) is 18.4. The van der Waals surface area contributed by atoms with E-state index in [0.29, 0.717) is 19.5 Å². The van der Waals surface area contributed by atoms with E-state index in [9.17, 15) is 9.59 Å². The standard InChI is InChI=1S/C16H24N2O3S/c1-16(2,3)21-15(20)18-7-5-13(10-18)17(4)14(19)9-12-6-8-22-11-12/h6,8,11,13H,5,7,9-10H2,1-4H3. The van der Waals surface area contributed by atoms with Gasteiger partial charge in [0.2, 0.25) is 5.91 Å². The molecule has 5 nitrogen and oxygen atoms in total. The second-order valence-corrected chi connectivity index (χ2v) is 7.46. The number of hydrogen-bond acceptors (Lipinski definition) is 4. The number of carbonyl (C=O) groups excluding carboxylic acids is 2. The highest BCUT2D eigenvalue weighted by Crippen LogP contribution is 2.19. The van der Waals surface area contributed by atoms with Crippen LogP contribution in [0.15, 0.2) is 16.8 Å². The lowest BCUT2D eigenvalue weighted by Gasteiger charge is -2.26. The lowest BCUT2D eigenvalue weighted by atomic mass is 10.2. The van der Waals surface area contributed by atoms with Crippen molar-refractivity contribution in [2.75, 3.05) is 20.1 Å². The first-order chi connectivity index (χ1) is 10.3. The van der Waals surface area contributed by atoms with Gasteiger partial charge >= 0.3 is 6.09 Å². The monoisotopic (exact) mass is 324 g/mol. The molecule has 0 aliphatic carbocycles. The second-order valence-electron chi connectivity index (χ2n) is 6.68. The number of likely N-dealkylation sites (N-methyl/N-ethyl adjacent to an activating group) is 1. The molecule has 1 aromatic rings. The minimum Gasteiger partial charge on any atom is -0.444 e. The number of carbonyl (C=O) groups is 2. The van der Waals surface area contributed by atoms with Crippen molar-refractivity contribution in [3.8, 4) is 0 Å². The zero-order chi connectivity index (χ0) is 16.3. The fraction of sp³-hybridized carbons (Fsp3) is 0.625. The van der Waals surface area contributed by atoms with Crippen molar-refractivity contribution in [3.05, 3.63) is 22.4 Å². The van der Waals surface area contributed by atoms with Gasteiger partial charge in [0.05, 0.1) is 12.5 Å². The Hall–Kier alpha value is -1.56. The molecule has 22 heavy (non-hydrogen) atoms. The number of rotatable bonds is 3. The number of thiophene rings is 1. The maximum absolute atomic E-state index is 12.3. The molecule has 0 N–H and O–H groups in total. The Kier molecular flexibility index (Phi) is 5.11. The smallest absolute Gasteiger partial charge is 0.410 e. The predicted molar refractivity (Wildman–Crippen MR) is 87.0 cm³/mol. The Morgan fingerprint density at radius 2 is 2.18 bits per heavy atom. The van der Waals surface area contributed by atoms with Gasteiger partial charge in [0, 0.05) is 20.1 Å². The first-order valence-electron chi connectivity index (χ1n) is 7.51. The Morgan fingerprint density at radius 1 is 1.45 bits per heavy atom. The largest absolute Gasteiger partial charge is 0.444 e. The van der Waals surface area contributed by atoms with Crippen molar-refractivity contribution in [2.45, 2.75) is 45.3 Å². The second kappa shape index (κ2) is 6.69. The molecule has 0 bridgehead atoms. The number of likely N-dealkylation sites (tertiary alicyclic amines) is 1. The van der Waals surface area contributed by atoms with E-state index in [1.807, 2.05) is 44.6 Å². The molecule has 6 heteroatoms. The lowest BCUT2D eigenvalue weighted by molar-refractivity contribution is -0.131. The third-order valence-corrected chi connectivity index (χ3v) is 4.42. The van der Waals surface area contributed by atoms with Gasteiger partial charge in [0.1, 0.15) is 5.60 Å². The lowest BCUT2D eigenvalue weighted by Crippen LogP contribution is -2.41. The fourth-order valence-corrected chi connectivity index (χ4v) is 3.12. The zero-order valence-electron chi connectivity index (χ0n) is 13.7. The molecule has 0 radical (unpaired) electrons. The topological polar surface area (TPSA) is 49.9 Å². The molecular weight excluding hydrogens is 300 g/mol. The van der Waals surface area contributed by atoms with Gasteiger partial charge < -0.3 is 14.5 Å². The van der Waals surface area contributed by atoms with Crippen LogP contribution in [-0.2, 0) is 16.0 Å². The molecule has 1 aromatic heterocycles. The number of ether oxygens (including phenoxy) is 1. The zero-order valence-corrected chi connectivity index (χ0v) is 14.5. The van der Waals surface area contributed by atoms with Gasteiger partial charge in [-0.25, -0.2) is 4.79 Å². The summed E-state index contributed by atoms with van der Waals surface area (Å²) in [6.45, 7) is 6.75. The average Bonchev–Trinajstić information content (AvgIpc) is 3.06. The van der Waals surface area contributed by atoms with E-state index >= 15 is 0 Å². The first-order valence-corrected chi connectivity index (χ1v) is 8.45. The Balaban J connectivity index is 1.86. The molecule has 2 heterocycles. The van der Waals surface area contributed by atoms with E-state index in [-0.39, 0.29) is 18.0 Å². The molecule has 0 spiro atoms. The molecule has 1 aliphatic heterocycles. The van der Waals surface area contributed by atoms with Crippen LogP contribution in [0.25, 0.3) is 0 Å². The third-order valence-electron chi connectivity index (χ3n) is 3.69. The molecular formula is C16H24N2O3S. The Labute approximate surface area is 135 Å². The van der Waals surface area contributed by atoms with Crippen LogP contribution in [0, 0.1) is 0 Å². The van der Waals surface area contributed by atoms with Gasteiger partial charge in [-0.2, -0.15) is 11.3 Å².